The van der Waals surface area contributed by atoms with Crippen LogP contribution in [0.1, 0.15) is 44.8 Å². The lowest BCUT2D eigenvalue weighted by atomic mass is 10.0. The van der Waals surface area contributed by atoms with Gasteiger partial charge in [0.15, 0.2) is 0 Å². The highest BCUT2D eigenvalue weighted by Crippen LogP contribution is 2.34. The number of halogens is 1. The number of piperidine rings is 1. The molecule has 3 aromatic rings. The summed E-state index contributed by atoms with van der Waals surface area (Å²) in [5, 5.41) is 10.3. The standard InChI is InChI=1S/C28H26FN7O7S/c29-44(42,43)19-6-4-17(5-7-19)15-35-16-18(31-32-35)14-24(38)34-12-10-33(11-13-34)21-3-1-2-20-25(21)28(41)36(27(20)40)22-8-9-23(37)30-26(22)39/h1-7,16,22H,8-15H2,(H,30,37,39). The summed E-state index contributed by atoms with van der Waals surface area (Å²) < 4.78 is 36.6. The first-order valence-electron chi connectivity index (χ1n) is 13.8. The molecule has 2 aromatic carbocycles. The third-order valence-corrected chi connectivity index (χ3v) is 8.72. The van der Waals surface area contributed by atoms with Gasteiger partial charge in [-0.25, -0.2) is 4.68 Å². The molecule has 2 fully saturated rings. The first kappa shape index (κ1) is 29.1. The van der Waals surface area contributed by atoms with Crippen molar-refractivity contribution in [1.82, 2.24) is 30.1 Å². The fourth-order valence-electron chi connectivity index (χ4n) is 5.67. The smallest absolute Gasteiger partial charge is 0.332 e. The second-order valence-corrected chi connectivity index (χ2v) is 12.0. The number of rotatable bonds is 7. The monoisotopic (exact) mass is 623 g/mol. The Morgan fingerprint density at radius 3 is 2.39 bits per heavy atom. The van der Waals surface area contributed by atoms with Gasteiger partial charge in [0, 0.05) is 38.8 Å². The van der Waals surface area contributed by atoms with Crippen molar-refractivity contribution in [3.05, 3.63) is 71.0 Å². The zero-order valence-corrected chi connectivity index (χ0v) is 24.0. The number of benzene rings is 2. The SMILES string of the molecule is O=C1CCC(N2C(=O)c3cccc(N4CCN(C(=O)Cc5cn(Cc6ccc(S(=O)(=O)F)cc6)nn5)CC4)c3C2=O)C(=O)N1. The Labute approximate surface area is 250 Å². The Balaban J connectivity index is 1.07. The van der Waals surface area contributed by atoms with E-state index in [1.165, 1.54) is 16.8 Å². The molecular formula is C28H26FN7O7S. The average Bonchev–Trinajstić information content (AvgIpc) is 3.54. The number of aromatic nitrogens is 3. The highest BCUT2D eigenvalue weighted by molar-refractivity contribution is 7.86. The van der Waals surface area contributed by atoms with Crippen molar-refractivity contribution in [1.29, 1.82) is 0 Å². The van der Waals surface area contributed by atoms with Gasteiger partial charge in [0.1, 0.15) is 6.04 Å². The summed E-state index contributed by atoms with van der Waals surface area (Å²) in [5.41, 5.74) is 2.06. The van der Waals surface area contributed by atoms with Crippen molar-refractivity contribution < 1.29 is 36.3 Å². The number of anilines is 1. The van der Waals surface area contributed by atoms with Crippen molar-refractivity contribution in [2.24, 2.45) is 0 Å². The number of amides is 5. The van der Waals surface area contributed by atoms with Crippen molar-refractivity contribution in [2.75, 3.05) is 31.1 Å². The number of nitrogens with one attached hydrogen (secondary N) is 1. The minimum atomic E-state index is -4.78. The molecule has 1 atom stereocenters. The van der Waals surface area contributed by atoms with E-state index in [-0.39, 0.29) is 42.8 Å². The Bertz CT molecular complexity index is 1800. The number of carbonyl (C=O) groups excluding carboxylic acids is 5. The molecule has 0 spiro atoms. The Morgan fingerprint density at radius 1 is 0.977 bits per heavy atom. The maximum atomic E-state index is 13.4. The molecule has 2 saturated heterocycles. The summed E-state index contributed by atoms with van der Waals surface area (Å²) in [5.74, 6) is -2.44. The molecule has 3 aliphatic rings. The van der Waals surface area contributed by atoms with Crippen LogP contribution in [0.4, 0.5) is 9.57 Å². The minimum absolute atomic E-state index is 0.00761. The molecular weight excluding hydrogens is 597 g/mol. The first-order valence-corrected chi connectivity index (χ1v) is 15.2. The normalized spacial score (nSPS) is 18.9. The maximum absolute atomic E-state index is 13.4. The number of nitrogens with zero attached hydrogens (tertiary/aromatic N) is 6. The van der Waals surface area contributed by atoms with E-state index >= 15 is 0 Å². The molecule has 3 aliphatic heterocycles. The van der Waals surface area contributed by atoms with Gasteiger partial charge >= 0.3 is 10.2 Å². The molecule has 14 nitrogen and oxygen atoms in total. The van der Waals surface area contributed by atoms with Crippen LogP contribution in [0.25, 0.3) is 0 Å². The number of fused-ring (bicyclic) bond motifs is 1. The van der Waals surface area contributed by atoms with Crippen molar-refractivity contribution in [3.63, 3.8) is 0 Å². The predicted octanol–water partition coefficient (Wildman–Crippen LogP) is 0.277. The third kappa shape index (κ3) is 5.55. The number of imide groups is 2. The van der Waals surface area contributed by atoms with Crippen LogP contribution in [0.2, 0.25) is 0 Å². The van der Waals surface area contributed by atoms with E-state index in [0.717, 1.165) is 17.0 Å². The lowest BCUT2D eigenvalue weighted by Gasteiger charge is -2.36. The van der Waals surface area contributed by atoms with Gasteiger partial charge < -0.3 is 9.80 Å². The van der Waals surface area contributed by atoms with E-state index in [0.29, 0.717) is 43.1 Å². The predicted molar refractivity (Wildman–Crippen MR) is 149 cm³/mol. The van der Waals surface area contributed by atoms with Crippen LogP contribution in [0.5, 0.6) is 0 Å². The van der Waals surface area contributed by atoms with Gasteiger partial charge in [0.2, 0.25) is 17.7 Å². The maximum Gasteiger partial charge on any atom is 0.332 e. The molecule has 1 unspecified atom stereocenters. The second-order valence-electron chi connectivity index (χ2n) is 10.7. The molecule has 4 heterocycles. The van der Waals surface area contributed by atoms with Gasteiger partial charge in [-0.3, -0.25) is 34.2 Å². The van der Waals surface area contributed by atoms with Gasteiger partial charge in [0.25, 0.3) is 11.8 Å². The summed E-state index contributed by atoms with van der Waals surface area (Å²) in [6, 6.07) is 9.16. The summed E-state index contributed by atoms with van der Waals surface area (Å²) in [4.78, 5) is 67.7. The van der Waals surface area contributed by atoms with E-state index in [1.807, 2.05) is 4.90 Å². The fourth-order valence-corrected chi connectivity index (χ4v) is 6.13. The van der Waals surface area contributed by atoms with Gasteiger partial charge in [-0.1, -0.05) is 23.4 Å². The Kier molecular flexibility index (Phi) is 7.44. The van der Waals surface area contributed by atoms with E-state index in [4.69, 9.17) is 0 Å². The van der Waals surface area contributed by atoms with Crippen molar-refractivity contribution in [2.45, 2.75) is 36.7 Å². The van der Waals surface area contributed by atoms with Crippen LogP contribution < -0.4 is 10.2 Å². The minimum Gasteiger partial charge on any atom is -0.367 e. The van der Waals surface area contributed by atoms with Crippen LogP contribution in [-0.4, -0.2) is 95.0 Å². The van der Waals surface area contributed by atoms with Crippen LogP contribution >= 0.6 is 0 Å². The lowest BCUT2D eigenvalue weighted by Crippen LogP contribution is -2.54. The molecule has 0 bridgehead atoms. The molecule has 0 saturated carbocycles. The van der Waals surface area contributed by atoms with Gasteiger partial charge in [-0.05, 0) is 36.2 Å². The molecule has 16 heteroatoms. The van der Waals surface area contributed by atoms with Crippen LogP contribution in [0.15, 0.2) is 53.6 Å². The van der Waals surface area contributed by atoms with Gasteiger partial charge in [0.05, 0.1) is 40.4 Å². The van der Waals surface area contributed by atoms with Crippen LogP contribution in [0.3, 0.4) is 0 Å². The van der Waals surface area contributed by atoms with E-state index in [9.17, 15) is 36.3 Å². The van der Waals surface area contributed by atoms with Crippen LogP contribution in [0, 0.1) is 0 Å². The molecule has 0 radical (unpaired) electrons. The topological polar surface area (TPSA) is 172 Å². The number of carbonyl (C=O) groups is 5. The third-order valence-electron chi connectivity index (χ3n) is 7.89. The Morgan fingerprint density at radius 2 is 1.70 bits per heavy atom. The van der Waals surface area contributed by atoms with E-state index < -0.39 is 44.8 Å². The average molecular weight is 624 g/mol. The Hall–Kier alpha value is -4.99. The van der Waals surface area contributed by atoms with Crippen molar-refractivity contribution >= 4 is 45.4 Å². The summed E-state index contributed by atoms with van der Waals surface area (Å²) in [6.07, 6.45) is 1.72. The largest absolute Gasteiger partial charge is 0.367 e. The molecule has 44 heavy (non-hydrogen) atoms. The zero-order chi connectivity index (χ0) is 31.2. The van der Waals surface area contributed by atoms with E-state index in [1.54, 1.807) is 29.3 Å². The first-order chi connectivity index (χ1) is 21.0. The summed E-state index contributed by atoms with van der Waals surface area (Å²) in [6.45, 7) is 1.77. The molecule has 5 amide bonds. The fraction of sp³-hybridized carbons (Fsp3) is 0.321. The van der Waals surface area contributed by atoms with Gasteiger partial charge in [-0.15, -0.1) is 8.98 Å². The number of hydrogen-bond donors (Lipinski definition) is 1. The van der Waals surface area contributed by atoms with Crippen LogP contribution in [-0.2, 0) is 37.6 Å². The molecule has 1 N–H and O–H groups in total. The second kappa shape index (κ2) is 11.3. The van der Waals surface area contributed by atoms with Crippen molar-refractivity contribution in [3.8, 4) is 0 Å². The van der Waals surface area contributed by atoms with E-state index in [2.05, 4.69) is 15.6 Å². The zero-order valence-electron chi connectivity index (χ0n) is 23.2. The molecule has 1 aromatic heterocycles. The molecule has 228 valence electrons. The molecule has 6 rings (SSSR count). The highest BCUT2D eigenvalue weighted by Gasteiger charge is 2.46. The number of hydrogen-bond acceptors (Lipinski definition) is 10. The quantitative estimate of drug-likeness (QED) is 0.285. The van der Waals surface area contributed by atoms with Gasteiger partial charge in [-0.2, -0.15) is 8.42 Å². The highest BCUT2D eigenvalue weighted by atomic mass is 32.3. The summed E-state index contributed by atoms with van der Waals surface area (Å²) in [7, 11) is -4.78. The molecule has 0 aliphatic carbocycles. The number of piperazine rings is 1. The lowest BCUT2D eigenvalue weighted by molar-refractivity contribution is -0.136. The summed E-state index contributed by atoms with van der Waals surface area (Å²) >= 11 is 0.